The molecule has 0 heterocycles. The average molecular weight is 414 g/mol. The van der Waals surface area contributed by atoms with E-state index in [1.165, 1.54) is 43.5 Å². The molecule has 0 radical (unpaired) electrons. The van der Waals surface area contributed by atoms with Gasteiger partial charge in [-0.3, -0.25) is 9.52 Å². The predicted molar refractivity (Wildman–Crippen MR) is 109 cm³/mol. The molecule has 2 N–H and O–H groups in total. The first-order valence-electron chi connectivity index (χ1n) is 8.63. The van der Waals surface area contributed by atoms with Gasteiger partial charge in [0, 0.05) is 11.3 Å². The SMILES string of the molecule is COc1ccc(NS(=O)(=O)c2ccc(C)c(C(=O)Nc3ccccc3F)c2)cc1. The zero-order chi connectivity index (χ0) is 21.0. The number of carbonyl (C=O) groups excluding carboxylic acids is 1. The number of halogens is 1. The molecule has 0 aliphatic rings. The molecule has 1 amide bonds. The summed E-state index contributed by atoms with van der Waals surface area (Å²) in [7, 11) is -2.42. The van der Waals surface area contributed by atoms with Gasteiger partial charge in [0.2, 0.25) is 0 Å². The second-order valence-corrected chi connectivity index (χ2v) is 7.93. The number of benzene rings is 3. The Labute approximate surface area is 168 Å². The Morgan fingerprint density at radius 1 is 1.00 bits per heavy atom. The highest BCUT2D eigenvalue weighted by Crippen LogP contribution is 2.22. The normalized spacial score (nSPS) is 11.0. The molecule has 0 spiro atoms. The summed E-state index contributed by atoms with van der Waals surface area (Å²) in [4.78, 5) is 12.5. The maximum absolute atomic E-state index is 13.8. The first-order valence-corrected chi connectivity index (χ1v) is 10.1. The van der Waals surface area contributed by atoms with Crippen molar-refractivity contribution in [2.75, 3.05) is 17.1 Å². The van der Waals surface area contributed by atoms with E-state index in [1.54, 1.807) is 37.3 Å². The summed E-state index contributed by atoms with van der Waals surface area (Å²) in [5.74, 6) is -0.590. The van der Waals surface area contributed by atoms with E-state index in [2.05, 4.69) is 10.0 Å². The zero-order valence-electron chi connectivity index (χ0n) is 15.8. The third-order valence-electron chi connectivity index (χ3n) is 4.23. The molecule has 0 fully saturated rings. The van der Waals surface area contributed by atoms with Gasteiger partial charge in [-0.1, -0.05) is 18.2 Å². The minimum absolute atomic E-state index is 0.0153. The molecule has 3 rings (SSSR count). The first-order chi connectivity index (χ1) is 13.8. The minimum atomic E-state index is -3.93. The number of rotatable bonds is 6. The Kier molecular flexibility index (Phi) is 5.84. The molecule has 0 aromatic heterocycles. The van der Waals surface area contributed by atoms with E-state index < -0.39 is 21.7 Å². The Hall–Kier alpha value is -3.39. The number of para-hydroxylation sites is 1. The summed E-state index contributed by atoms with van der Waals surface area (Å²) in [6, 6.07) is 16.3. The van der Waals surface area contributed by atoms with Gasteiger partial charge in [-0.2, -0.15) is 0 Å². The highest BCUT2D eigenvalue weighted by atomic mass is 32.2. The Morgan fingerprint density at radius 3 is 2.34 bits per heavy atom. The van der Waals surface area contributed by atoms with Gasteiger partial charge in [0.1, 0.15) is 11.6 Å². The molecule has 0 bridgehead atoms. The van der Waals surface area contributed by atoms with Crippen LogP contribution in [0.2, 0.25) is 0 Å². The summed E-state index contributed by atoms with van der Waals surface area (Å²) >= 11 is 0. The van der Waals surface area contributed by atoms with Gasteiger partial charge in [0.15, 0.2) is 0 Å². The Bertz CT molecular complexity index is 1150. The van der Waals surface area contributed by atoms with Crippen LogP contribution < -0.4 is 14.8 Å². The smallest absolute Gasteiger partial charge is 0.261 e. The second-order valence-electron chi connectivity index (χ2n) is 6.24. The van der Waals surface area contributed by atoms with Crippen LogP contribution in [0.25, 0.3) is 0 Å². The van der Waals surface area contributed by atoms with Gasteiger partial charge in [-0.15, -0.1) is 0 Å². The minimum Gasteiger partial charge on any atom is -0.497 e. The van der Waals surface area contributed by atoms with Gasteiger partial charge < -0.3 is 10.1 Å². The van der Waals surface area contributed by atoms with Crippen LogP contribution in [0, 0.1) is 12.7 Å². The number of methoxy groups -OCH3 is 1. The van der Waals surface area contributed by atoms with Crippen LogP contribution >= 0.6 is 0 Å². The van der Waals surface area contributed by atoms with Gasteiger partial charge >= 0.3 is 0 Å². The fraction of sp³-hybridized carbons (Fsp3) is 0.0952. The summed E-state index contributed by atoms with van der Waals surface area (Å²) in [6.45, 7) is 1.67. The molecule has 3 aromatic rings. The topological polar surface area (TPSA) is 84.5 Å². The molecule has 0 unspecified atom stereocenters. The van der Waals surface area contributed by atoms with Crippen LogP contribution in [0.4, 0.5) is 15.8 Å². The van der Waals surface area contributed by atoms with Gasteiger partial charge in [0.05, 0.1) is 17.7 Å². The molecule has 0 aliphatic heterocycles. The zero-order valence-corrected chi connectivity index (χ0v) is 16.6. The van der Waals surface area contributed by atoms with Crippen LogP contribution in [-0.4, -0.2) is 21.4 Å². The molecule has 0 saturated carbocycles. The van der Waals surface area contributed by atoms with Crippen molar-refractivity contribution in [1.29, 1.82) is 0 Å². The van der Waals surface area contributed by atoms with E-state index in [1.807, 2.05) is 0 Å². The number of aryl methyl sites for hydroxylation is 1. The van der Waals surface area contributed by atoms with Crippen molar-refractivity contribution in [2.24, 2.45) is 0 Å². The Balaban J connectivity index is 1.87. The second kappa shape index (κ2) is 8.32. The van der Waals surface area contributed by atoms with Crippen LogP contribution in [0.5, 0.6) is 5.75 Å². The summed E-state index contributed by atoms with van der Waals surface area (Å²) in [5.41, 5.74) is 1.05. The van der Waals surface area contributed by atoms with Gasteiger partial charge in [-0.25, -0.2) is 12.8 Å². The lowest BCUT2D eigenvalue weighted by Crippen LogP contribution is -2.17. The summed E-state index contributed by atoms with van der Waals surface area (Å²) in [5, 5.41) is 2.47. The summed E-state index contributed by atoms with van der Waals surface area (Å²) in [6.07, 6.45) is 0. The van der Waals surface area contributed by atoms with E-state index in [0.717, 1.165) is 0 Å². The molecule has 3 aromatic carbocycles. The number of sulfonamides is 1. The first kappa shape index (κ1) is 20.3. The standard InChI is InChI=1S/C21H19FN2O4S/c1-14-7-12-17(29(26,27)24-15-8-10-16(28-2)11-9-15)13-18(14)21(25)23-20-6-4-3-5-19(20)22/h3-13,24H,1-2H3,(H,23,25). The van der Waals surface area contributed by atoms with Crippen LogP contribution in [-0.2, 0) is 10.0 Å². The lowest BCUT2D eigenvalue weighted by Gasteiger charge is -2.12. The number of anilines is 2. The van der Waals surface area contributed by atoms with E-state index in [4.69, 9.17) is 4.74 Å². The highest BCUT2D eigenvalue weighted by Gasteiger charge is 2.19. The number of carbonyl (C=O) groups is 1. The van der Waals surface area contributed by atoms with Crippen molar-refractivity contribution in [3.8, 4) is 5.75 Å². The van der Waals surface area contributed by atoms with Crippen molar-refractivity contribution in [3.63, 3.8) is 0 Å². The number of ether oxygens (including phenoxy) is 1. The molecule has 0 aliphatic carbocycles. The number of hydrogen-bond acceptors (Lipinski definition) is 4. The highest BCUT2D eigenvalue weighted by molar-refractivity contribution is 7.92. The molecule has 6 nitrogen and oxygen atoms in total. The van der Waals surface area contributed by atoms with Crippen molar-refractivity contribution >= 4 is 27.3 Å². The fourth-order valence-corrected chi connectivity index (χ4v) is 3.72. The number of amides is 1. The van der Waals surface area contributed by atoms with Crippen LogP contribution in [0.1, 0.15) is 15.9 Å². The van der Waals surface area contributed by atoms with E-state index in [0.29, 0.717) is 17.0 Å². The fourth-order valence-electron chi connectivity index (χ4n) is 2.64. The Morgan fingerprint density at radius 2 is 1.69 bits per heavy atom. The van der Waals surface area contributed by atoms with E-state index in [-0.39, 0.29) is 16.1 Å². The number of nitrogens with one attached hydrogen (secondary N) is 2. The van der Waals surface area contributed by atoms with E-state index >= 15 is 0 Å². The van der Waals surface area contributed by atoms with Crippen molar-refractivity contribution in [1.82, 2.24) is 0 Å². The molecule has 29 heavy (non-hydrogen) atoms. The van der Waals surface area contributed by atoms with E-state index in [9.17, 15) is 17.6 Å². The monoisotopic (exact) mass is 414 g/mol. The molecule has 0 saturated heterocycles. The number of hydrogen-bond donors (Lipinski definition) is 2. The van der Waals surface area contributed by atoms with Crippen LogP contribution in [0.3, 0.4) is 0 Å². The maximum atomic E-state index is 13.8. The molecule has 0 atom stereocenters. The van der Waals surface area contributed by atoms with Gasteiger partial charge in [0.25, 0.3) is 15.9 Å². The van der Waals surface area contributed by atoms with Crippen molar-refractivity contribution in [2.45, 2.75) is 11.8 Å². The van der Waals surface area contributed by atoms with Crippen molar-refractivity contribution in [3.05, 3.63) is 83.7 Å². The van der Waals surface area contributed by atoms with Crippen molar-refractivity contribution < 1.29 is 22.3 Å². The quantitative estimate of drug-likeness (QED) is 0.633. The molecule has 150 valence electrons. The lowest BCUT2D eigenvalue weighted by atomic mass is 10.1. The third-order valence-corrected chi connectivity index (χ3v) is 5.61. The summed E-state index contributed by atoms with van der Waals surface area (Å²) < 4.78 is 46.7. The third kappa shape index (κ3) is 4.72. The van der Waals surface area contributed by atoms with Crippen LogP contribution in [0.15, 0.2) is 71.6 Å². The maximum Gasteiger partial charge on any atom is 0.261 e. The molecular weight excluding hydrogens is 395 g/mol. The largest absolute Gasteiger partial charge is 0.497 e. The van der Waals surface area contributed by atoms with Gasteiger partial charge in [-0.05, 0) is 61.0 Å². The lowest BCUT2D eigenvalue weighted by molar-refractivity contribution is 0.102. The molecule has 8 heteroatoms. The average Bonchev–Trinajstić information content (AvgIpc) is 2.70. The predicted octanol–water partition coefficient (Wildman–Crippen LogP) is 4.20. The molecular formula is C21H19FN2O4S.